The Labute approximate surface area is 123 Å². The van der Waals surface area contributed by atoms with E-state index in [0.717, 1.165) is 25.7 Å². The molecule has 2 N–H and O–H groups in total. The zero-order valence-corrected chi connectivity index (χ0v) is 12.9. The standard InChI is InChI=1S/C16H31N3O/c17-16(19-12-7-3-4-8-13-19)18-11-14-20-15-9-5-1-2-6-10-15/h15H,1-14H2,(H2,17,18). The van der Waals surface area contributed by atoms with Crippen molar-refractivity contribution < 1.29 is 4.74 Å². The summed E-state index contributed by atoms with van der Waals surface area (Å²) in [5.74, 6) is 0.719. The highest BCUT2D eigenvalue weighted by atomic mass is 16.5. The molecule has 1 aliphatic heterocycles. The van der Waals surface area contributed by atoms with Crippen molar-refractivity contribution in [3.8, 4) is 0 Å². The third-order valence-electron chi connectivity index (χ3n) is 4.45. The number of nitrogens with two attached hydrogens (primary N) is 1. The van der Waals surface area contributed by atoms with Crippen LogP contribution < -0.4 is 5.73 Å². The van der Waals surface area contributed by atoms with E-state index < -0.39 is 0 Å². The minimum absolute atomic E-state index is 0.465. The van der Waals surface area contributed by atoms with Crippen molar-refractivity contribution in [3.63, 3.8) is 0 Å². The minimum Gasteiger partial charge on any atom is -0.376 e. The lowest BCUT2D eigenvalue weighted by Gasteiger charge is -2.21. The molecule has 1 aliphatic carbocycles. The summed E-state index contributed by atoms with van der Waals surface area (Å²) in [4.78, 5) is 6.73. The fourth-order valence-corrected chi connectivity index (χ4v) is 3.19. The van der Waals surface area contributed by atoms with Crippen LogP contribution in [-0.2, 0) is 4.74 Å². The molecule has 0 bridgehead atoms. The third kappa shape index (κ3) is 5.70. The first kappa shape index (κ1) is 15.6. The van der Waals surface area contributed by atoms with E-state index in [2.05, 4.69) is 9.89 Å². The van der Waals surface area contributed by atoms with Gasteiger partial charge in [-0.2, -0.15) is 0 Å². The van der Waals surface area contributed by atoms with Gasteiger partial charge in [-0.1, -0.05) is 38.5 Å². The van der Waals surface area contributed by atoms with Gasteiger partial charge >= 0.3 is 0 Å². The van der Waals surface area contributed by atoms with Gasteiger partial charge in [0, 0.05) is 13.1 Å². The van der Waals surface area contributed by atoms with Gasteiger partial charge in [0.15, 0.2) is 5.96 Å². The van der Waals surface area contributed by atoms with Crippen LogP contribution in [0.3, 0.4) is 0 Å². The Kier molecular flexibility index (Phi) is 7.20. The van der Waals surface area contributed by atoms with Crippen LogP contribution in [0.1, 0.15) is 64.2 Å². The van der Waals surface area contributed by atoms with E-state index in [-0.39, 0.29) is 0 Å². The number of guanidine groups is 1. The molecule has 20 heavy (non-hydrogen) atoms. The molecule has 0 atom stereocenters. The predicted molar refractivity (Wildman–Crippen MR) is 84.0 cm³/mol. The molecule has 1 saturated carbocycles. The summed E-state index contributed by atoms with van der Waals surface area (Å²) >= 11 is 0. The summed E-state index contributed by atoms with van der Waals surface area (Å²) in [6, 6.07) is 0. The highest BCUT2D eigenvalue weighted by molar-refractivity contribution is 5.78. The van der Waals surface area contributed by atoms with Gasteiger partial charge in [-0.15, -0.1) is 0 Å². The number of likely N-dealkylation sites (tertiary alicyclic amines) is 1. The molecular weight excluding hydrogens is 250 g/mol. The lowest BCUT2D eigenvalue weighted by atomic mass is 10.1. The lowest BCUT2D eigenvalue weighted by molar-refractivity contribution is 0.0486. The molecule has 0 unspecified atom stereocenters. The van der Waals surface area contributed by atoms with E-state index in [4.69, 9.17) is 10.5 Å². The molecular formula is C16H31N3O. The molecule has 1 heterocycles. The van der Waals surface area contributed by atoms with E-state index in [1.54, 1.807) is 0 Å². The van der Waals surface area contributed by atoms with Crippen LogP contribution in [0.4, 0.5) is 0 Å². The van der Waals surface area contributed by atoms with Gasteiger partial charge in [-0.25, -0.2) is 0 Å². The van der Waals surface area contributed by atoms with Crippen LogP contribution in [0.25, 0.3) is 0 Å². The molecule has 4 heteroatoms. The van der Waals surface area contributed by atoms with Gasteiger partial charge in [0.05, 0.1) is 19.3 Å². The molecule has 0 amide bonds. The van der Waals surface area contributed by atoms with Crippen molar-refractivity contribution >= 4 is 5.96 Å². The topological polar surface area (TPSA) is 50.9 Å². The van der Waals surface area contributed by atoms with Gasteiger partial charge in [0.25, 0.3) is 0 Å². The Bertz CT molecular complexity index is 277. The lowest BCUT2D eigenvalue weighted by Crippen LogP contribution is -2.38. The quantitative estimate of drug-likeness (QED) is 0.373. The van der Waals surface area contributed by atoms with Crippen molar-refractivity contribution in [2.45, 2.75) is 70.3 Å². The first-order chi connectivity index (χ1) is 9.86. The molecule has 0 aromatic heterocycles. The maximum absolute atomic E-state index is 6.08. The average molecular weight is 281 g/mol. The Morgan fingerprint density at radius 1 is 0.950 bits per heavy atom. The van der Waals surface area contributed by atoms with Crippen LogP contribution in [0.2, 0.25) is 0 Å². The number of ether oxygens (including phenoxy) is 1. The van der Waals surface area contributed by atoms with Gasteiger partial charge < -0.3 is 15.4 Å². The van der Waals surface area contributed by atoms with E-state index in [9.17, 15) is 0 Å². The summed E-state index contributed by atoms with van der Waals surface area (Å²) < 4.78 is 5.94. The van der Waals surface area contributed by atoms with E-state index in [1.165, 1.54) is 64.2 Å². The van der Waals surface area contributed by atoms with Gasteiger partial charge in [0.2, 0.25) is 0 Å². The Morgan fingerprint density at radius 3 is 2.20 bits per heavy atom. The second-order valence-electron chi connectivity index (χ2n) is 6.13. The Balaban J connectivity index is 1.63. The summed E-state index contributed by atoms with van der Waals surface area (Å²) in [5.41, 5.74) is 6.08. The van der Waals surface area contributed by atoms with Gasteiger partial charge in [-0.05, 0) is 25.7 Å². The van der Waals surface area contributed by atoms with Crippen LogP contribution >= 0.6 is 0 Å². The summed E-state index contributed by atoms with van der Waals surface area (Å²) in [5, 5.41) is 0. The van der Waals surface area contributed by atoms with Crippen LogP contribution in [0.5, 0.6) is 0 Å². The third-order valence-corrected chi connectivity index (χ3v) is 4.45. The fraction of sp³-hybridized carbons (Fsp3) is 0.938. The van der Waals surface area contributed by atoms with Crippen molar-refractivity contribution in [3.05, 3.63) is 0 Å². The zero-order valence-electron chi connectivity index (χ0n) is 12.9. The molecule has 2 aliphatic rings. The molecule has 4 nitrogen and oxygen atoms in total. The van der Waals surface area contributed by atoms with Crippen LogP contribution in [-0.4, -0.2) is 43.2 Å². The van der Waals surface area contributed by atoms with Gasteiger partial charge in [-0.3, -0.25) is 4.99 Å². The molecule has 2 fully saturated rings. The predicted octanol–water partition coefficient (Wildman–Crippen LogP) is 2.92. The Hall–Kier alpha value is -0.770. The smallest absolute Gasteiger partial charge is 0.191 e. The normalized spacial score (nSPS) is 23.4. The first-order valence-corrected chi connectivity index (χ1v) is 8.53. The molecule has 0 spiro atoms. The second kappa shape index (κ2) is 9.22. The molecule has 0 aromatic carbocycles. The Morgan fingerprint density at radius 2 is 1.55 bits per heavy atom. The number of nitrogens with zero attached hydrogens (tertiary/aromatic N) is 2. The molecule has 0 aromatic rings. The maximum atomic E-state index is 6.08. The van der Waals surface area contributed by atoms with E-state index in [1.807, 2.05) is 0 Å². The van der Waals surface area contributed by atoms with Crippen molar-refractivity contribution in [2.24, 2.45) is 10.7 Å². The zero-order chi connectivity index (χ0) is 14.0. The number of rotatable bonds is 4. The molecule has 2 rings (SSSR count). The SMILES string of the molecule is NC(=NCCOC1CCCCCC1)N1CCCCCC1. The maximum Gasteiger partial charge on any atom is 0.191 e. The fourth-order valence-electron chi connectivity index (χ4n) is 3.19. The van der Waals surface area contributed by atoms with Crippen LogP contribution in [0, 0.1) is 0 Å². The van der Waals surface area contributed by atoms with Crippen LogP contribution in [0.15, 0.2) is 4.99 Å². The summed E-state index contributed by atoms with van der Waals surface area (Å²) in [7, 11) is 0. The summed E-state index contributed by atoms with van der Waals surface area (Å²) in [6.07, 6.45) is 13.5. The highest BCUT2D eigenvalue weighted by Gasteiger charge is 2.13. The molecule has 116 valence electrons. The monoisotopic (exact) mass is 281 g/mol. The molecule has 0 radical (unpaired) electrons. The van der Waals surface area contributed by atoms with Crippen molar-refractivity contribution in [1.82, 2.24) is 4.90 Å². The second-order valence-corrected chi connectivity index (χ2v) is 6.13. The van der Waals surface area contributed by atoms with E-state index >= 15 is 0 Å². The van der Waals surface area contributed by atoms with Crippen molar-refractivity contribution in [2.75, 3.05) is 26.2 Å². The van der Waals surface area contributed by atoms with Gasteiger partial charge in [0.1, 0.15) is 0 Å². The number of hydrogen-bond acceptors (Lipinski definition) is 2. The number of aliphatic imine (C=N–C) groups is 1. The molecule has 1 saturated heterocycles. The number of hydrogen-bond donors (Lipinski definition) is 1. The minimum atomic E-state index is 0.465. The highest BCUT2D eigenvalue weighted by Crippen LogP contribution is 2.19. The summed E-state index contributed by atoms with van der Waals surface area (Å²) in [6.45, 7) is 3.57. The van der Waals surface area contributed by atoms with Crippen molar-refractivity contribution in [1.29, 1.82) is 0 Å². The average Bonchev–Trinajstić information content (AvgIpc) is 2.88. The van der Waals surface area contributed by atoms with E-state index in [0.29, 0.717) is 12.6 Å². The first-order valence-electron chi connectivity index (χ1n) is 8.53. The largest absolute Gasteiger partial charge is 0.376 e.